The summed E-state index contributed by atoms with van der Waals surface area (Å²) >= 11 is 6.00. The summed E-state index contributed by atoms with van der Waals surface area (Å²) < 4.78 is 74.5. The lowest BCUT2D eigenvalue weighted by Gasteiger charge is -2.19. The second-order valence-electron chi connectivity index (χ2n) is 10.5. The number of carbonyl (C=O) groups is 2. The summed E-state index contributed by atoms with van der Waals surface area (Å²) in [7, 11) is -2.84. The van der Waals surface area contributed by atoms with Gasteiger partial charge in [-0.05, 0) is 67.6 Å². The van der Waals surface area contributed by atoms with Gasteiger partial charge in [-0.2, -0.15) is 28.1 Å². The molecule has 2 aliphatic carbocycles. The Kier molecular flexibility index (Phi) is 8.68. The van der Waals surface area contributed by atoms with Gasteiger partial charge < -0.3 is 25.4 Å². The molecule has 5 rings (SSSR count). The Bertz CT molecular complexity index is 1680. The lowest BCUT2D eigenvalue weighted by molar-refractivity contribution is -0.154. The smallest absolute Gasteiger partial charge is 0.422 e. The summed E-state index contributed by atoms with van der Waals surface area (Å²) in [4.78, 5) is 36.3. The Hall–Kier alpha value is -4.38. The zero-order valence-corrected chi connectivity index (χ0v) is 25.1. The number of rotatable bonds is 12. The van der Waals surface area contributed by atoms with Gasteiger partial charge in [0.25, 0.3) is 5.91 Å². The van der Waals surface area contributed by atoms with Crippen molar-refractivity contribution < 1.29 is 40.7 Å². The minimum atomic E-state index is -4.63. The summed E-state index contributed by atoms with van der Waals surface area (Å²) in [6.07, 6.45) is -3.57. The number of alkyl halides is 3. The molecule has 0 radical (unpaired) electrons. The number of sulfonamides is 1. The van der Waals surface area contributed by atoms with Crippen molar-refractivity contribution in [3.63, 3.8) is 0 Å². The Labute approximate surface area is 260 Å². The number of halogens is 4. The van der Waals surface area contributed by atoms with E-state index in [0.29, 0.717) is 23.6 Å². The second-order valence-corrected chi connectivity index (χ2v) is 13.0. The summed E-state index contributed by atoms with van der Waals surface area (Å²) in [5.41, 5.74) is 0.665. The van der Waals surface area contributed by atoms with Crippen LogP contribution in [0.3, 0.4) is 0 Å². The molecule has 2 amide bonds. The Morgan fingerprint density at radius 1 is 0.956 bits per heavy atom. The van der Waals surface area contributed by atoms with Crippen molar-refractivity contribution in [2.45, 2.75) is 42.1 Å². The minimum absolute atomic E-state index is 0.00186. The first-order chi connectivity index (χ1) is 21.2. The molecule has 0 saturated heterocycles. The van der Waals surface area contributed by atoms with E-state index in [0.717, 1.165) is 5.56 Å². The van der Waals surface area contributed by atoms with E-state index in [-0.39, 0.29) is 30.3 Å². The zero-order valence-electron chi connectivity index (χ0n) is 23.6. The first-order valence-corrected chi connectivity index (χ1v) is 15.4. The number of ether oxygens (including phenoxy) is 2. The van der Waals surface area contributed by atoms with Crippen molar-refractivity contribution in [2.75, 3.05) is 30.9 Å². The van der Waals surface area contributed by atoms with E-state index in [1.807, 2.05) is 16.9 Å². The summed E-state index contributed by atoms with van der Waals surface area (Å²) in [5.74, 6) is -1.09. The first-order valence-electron chi connectivity index (χ1n) is 13.5. The molecule has 45 heavy (non-hydrogen) atoms. The van der Waals surface area contributed by atoms with Gasteiger partial charge in [0.05, 0.1) is 5.54 Å². The summed E-state index contributed by atoms with van der Waals surface area (Å²) in [6, 6.07) is 12.0. The van der Waals surface area contributed by atoms with Gasteiger partial charge in [-0.25, -0.2) is 17.9 Å². The largest absolute Gasteiger partial charge is 0.454 e. The molecule has 2 aromatic carbocycles. The van der Waals surface area contributed by atoms with Gasteiger partial charge in [0.2, 0.25) is 21.9 Å². The van der Waals surface area contributed by atoms with Crippen molar-refractivity contribution >= 4 is 51.2 Å². The fourth-order valence-electron chi connectivity index (χ4n) is 4.30. The maximum absolute atomic E-state index is 12.9. The van der Waals surface area contributed by atoms with Crippen molar-refractivity contribution in [1.82, 2.24) is 25.0 Å². The molecule has 240 valence electrons. The maximum Gasteiger partial charge on any atom is 0.422 e. The van der Waals surface area contributed by atoms with E-state index in [4.69, 9.17) is 21.1 Å². The molecular weight excluding hydrogens is 643 g/mol. The quantitative estimate of drug-likeness (QED) is 0.217. The third-order valence-corrected chi connectivity index (χ3v) is 9.53. The van der Waals surface area contributed by atoms with E-state index >= 15 is 0 Å². The van der Waals surface area contributed by atoms with Crippen LogP contribution in [0.2, 0.25) is 5.02 Å². The number of amides is 2. The number of anilines is 3. The predicted molar refractivity (Wildman–Crippen MR) is 156 cm³/mol. The number of carbonyl (C=O) groups excluding carboxylic acids is 2. The molecule has 4 N–H and O–H groups in total. The minimum Gasteiger partial charge on any atom is -0.454 e. The molecule has 2 fully saturated rings. The second kappa shape index (κ2) is 12.2. The number of alkyl carbamates (subject to hydrolysis) is 1. The molecule has 18 heteroatoms. The Morgan fingerprint density at radius 3 is 2.18 bits per heavy atom. The van der Waals surface area contributed by atoms with Gasteiger partial charge >= 0.3 is 18.3 Å². The molecular formula is C27H27ClF3N7O6S. The van der Waals surface area contributed by atoms with Crippen LogP contribution in [0, 0.1) is 0 Å². The number of aromatic nitrogens is 3. The SMILES string of the molecule is CNC(=O)OCC1(S(=O)(=O)NC(=O)c2ccc(Nc3nc(NC4(c5ccc(Cl)cc5)CC4)nc(OCC(F)(F)F)n3)cc2)CC1. The number of hydrogen-bond acceptors (Lipinski definition) is 11. The van der Waals surface area contributed by atoms with Gasteiger partial charge in [-0.1, -0.05) is 23.7 Å². The Balaban J connectivity index is 1.29. The third kappa shape index (κ3) is 7.83. The highest BCUT2D eigenvalue weighted by Crippen LogP contribution is 2.48. The van der Waals surface area contributed by atoms with Gasteiger partial charge in [0.1, 0.15) is 11.4 Å². The van der Waals surface area contributed by atoms with Crippen molar-refractivity contribution in [2.24, 2.45) is 0 Å². The fourth-order valence-corrected chi connectivity index (χ4v) is 5.85. The van der Waals surface area contributed by atoms with Crippen LogP contribution in [0.25, 0.3) is 0 Å². The lowest BCUT2D eigenvalue weighted by Crippen LogP contribution is -2.43. The summed E-state index contributed by atoms with van der Waals surface area (Å²) in [6.45, 7) is -2.03. The molecule has 2 aliphatic rings. The van der Waals surface area contributed by atoms with Crippen LogP contribution in [0.5, 0.6) is 6.01 Å². The van der Waals surface area contributed by atoms with Crippen LogP contribution in [-0.4, -0.2) is 66.6 Å². The van der Waals surface area contributed by atoms with Gasteiger partial charge in [0, 0.05) is 23.3 Å². The van der Waals surface area contributed by atoms with Crippen LogP contribution >= 0.6 is 11.6 Å². The van der Waals surface area contributed by atoms with Crippen molar-refractivity contribution in [3.8, 4) is 6.01 Å². The van der Waals surface area contributed by atoms with Crippen LogP contribution in [0.1, 0.15) is 41.6 Å². The monoisotopic (exact) mass is 669 g/mol. The highest BCUT2D eigenvalue weighted by Gasteiger charge is 2.56. The Morgan fingerprint density at radius 2 is 1.60 bits per heavy atom. The number of nitrogens with one attached hydrogen (secondary N) is 4. The lowest BCUT2D eigenvalue weighted by atomic mass is 10.1. The standard InChI is InChI=1S/C27H27ClF3N7O6S/c1-32-24(40)44-14-25(10-11-25)45(41,42)38-20(39)16-2-8-19(9-3-16)33-21-34-22(36-23(35-21)43-15-27(29,30)31)37-26(12-13-26)17-4-6-18(28)7-5-17/h2-9H,10-15H2,1H3,(H,32,40)(H,38,39)(H2,33,34,35,36,37). The van der Waals surface area contributed by atoms with Crippen LogP contribution in [-0.2, 0) is 20.3 Å². The predicted octanol–water partition coefficient (Wildman–Crippen LogP) is 4.26. The molecule has 0 atom stereocenters. The van der Waals surface area contributed by atoms with Gasteiger partial charge in [-0.15, -0.1) is 0 Å². The van der Waals surface area contributed by atoms with Gasteiger partial charge in [-0.3, -0.25) is 4.79 Å². The van der Waals surface area contributed by atoms with Crippen molar-refractivity contribution in [3.05, 3.63) is 64.7 Å². The average Bonchev–Trinajstić information content (AvgIpc) is 3.92. The number of nitrogens with zero attached hydrogens (tertiary/aromatic N) is 3. The zero-order chi connectivity index (χ0) is 32.5. The molecule has 1 heterocycles. The molecule has 0 bridgehead atoms. The van der Waals surface area contributed by atoms with E-state index in [2.05, 4.69) is 30.9 Å². The van der Waals surface area contributed by atoms with Gasteiger partial charge in [0.15, 0.2) is 6.61 Å². The highest BCUT2D eigenvalue weighted by atomic mass is 35.5. The molecule has 1 aromatic heterocycles. The van der Waals surface area contributed by atoms with Crippen LogP contribution in [0.15, 0.2) is 48.5 Å². The highest BCUT2D eigenvalue weighted by molar-refractivity contribution is 7.91. The van der Waals surface area contributed by atoms with E-state index < -0.39 is 57.7 Å². The molecule has 13 nitrogen and oxygen atoms in total. The molecule has 0 spiro atoms. The normalized spacial score (nSPS) is 16.2. The fraction of sp³-hybridized carbons (Fsp3) is 0.370. The number of benzene rings is 2. The molecule has 2 saturated carbocycles. The molecule has 0 unspecified atom stereocenters. The van der Waals surface area contributed by atoms with Crippen LogP contribution < -0.4 is 25.4 Å². The van der Waals surface area contributed by atoms with E-state index in [1.54, 1.807) is 12.1 Å². The molecule has 3 aromatic rings. The average molecular weight is 670 g/mol. The van der Waals surface area contributed by atoms with E-state index in [9.17, 15) is 31.2 Å². The third-order valence-electron chi connectivity index (χ3n) is 7.16. The molecule has 0 aliphatic heterocycles. The van der Waals surface area contributed by atoms with Crippen molar-refractivity contribution in [1.29, 1.82) is 0 Å². The van der Waals surface area contributed by atoms with Crippen LogP contribution in [0.4, 0.5) is 35.5 Å². The topological polar surface area (TPSA) is 174 Å². The van der Waals surface area contributed by atoms with E-state index in [1.165, 1.54) is 31.3 Å². The first kappa shape index (κ1) is 32.0. The number of hydrogen-bond donors (Lipinski definition) is 4. The maximum atomic E-state index is 12.9. The summed E-state index contributed by atoms with van der Waals surface area (Å²) in [5, 5.41) is 8.77.